The van der Waals surface area contributed by atoms with Gasteiger partial charge in [0.2, 0.25) is 0 Å². The Hall–Kier alpha value is -3.00. The Balaban J connectivity index is 1.86. The Morgan fingerprint density at radius 3 is 2.61 bits per heavy atom. The number of halogens is 1. The molecule has 8 nitrogen and oxygen atoms in total. The number of hydrogen-bond acceptors (Lipinski definition) is 7. The number of phenols is 2. The van der Waals surface area contributed by atoms with Gasteiger partial charge in [-0.2, -0.15) is 0 Å². The molecular weight excluding hydrogens is 448 g/mol. The molecule has 0 aromatic heterocycles. The smallest absolute Gasteiger partial charge is 0.342 e. The summed E-state index contributed by atoms with van der Waals surface area (Å²) in [6.45, 7) is 1.38. The van der Waals surface area contributed by atoms with Crippen molar-refractivity contribution in [1.29, 1.82) is 0 Å². The maximum atomic E-state index is 12.7. The average Bonchev–Trinajstić information content (AvgIpc) is 2.80. The topological polar surface area (TPSA) is 109 Å². The second kappa shape index (κ2) is 12.3. The molecule has 1 amide bonds. The minimum atomic E-state index is -0.751. The van der Waals surface area contributed by atoms with Crippen molar-refractivity contribution in [2.24, 2.45) is 5.16 Å². The molecule has 1 aromatic rings. The third-order valence-corrected chi connectivity index (χ3v) is 5.88. The van der Waals surface area contributed by atoms with Crippen LogP contribution in [0.4, 0.5) is 0 Å². The molecule has 178 valence electrons. The minimum Gasteiger partial charge on any atom is -0.507 e. The van der Waals surface area contributed by atoms with Crippen molar-refractivity contribution in [1.82, 2.24) is 4.90 Å². The van der Waals surface area contributed by atoms with Gasteiger partial charge in [0, 0.05) is 25.6 Å². The lowest BCUT2D eigenvalue weighted by molar-refractivity contribution is -0.137. The summed E-state index contributed by atoms with van der Waals surface area (Å²) in [7, 11) is 0. The number of cyclic esters (lactones) is 1. The van der Waals surface area contributed by atoms with Gasteiger partial charge in [-0.1, -0.05) is 35.0 Å². The van der Waals surface area contributed by atoms with Gasteiger partial charge in [0.25, 0.3) is 5.91 Å². The first-order chi connectivity index (χ1) is 16.0. The standard InChI is InChI=1S/C24H29ClN2O6/c25-23-18-14-17(26-33-16-21(30)27-11-7-5-8-12-27)10-6-3-1-2-4-9-13-32-24(31)22(18)19(28)15-20(23)29/h2,4,6,10,15,28-29H,1,3,5,7-9,11-14,16H2/b4-2+,10-6+,26-17-. The summed E-state index contributed by atoms with van der Waals surface area (Å²) in [6.07, 6.45) is 12.7. The molecule has 9 heteroatoms. The fourth-order valence-electron chi connectivity index (χ4n) is 3.72. The van der Waals surface area contributed by atoms with E-state index in [1.807, 2.05) is 18.2 Å². The highest BCUT2D eigenvalue weighted by Crippen LogP contribution is 2.37. The molecule has 0 aliphatic carbocycles. The molecule has 0 unspecified atom stereocenters. The molecule has 3 rings (SSSR count). The van der Waals surface area contributed by atoms with Crippen molar-refractivity contribution in [3.63, 3.8) is 0 Å². The monoisotopic (exact) mass is 476 g/mol. The van der Waals surface area contributed by atoms with E-state index in [4.69, 9.17) is 21.2 Å². The SMILES string of the molecule is O=C1OCC/C=C/CC/C=C/C(=N/OCC(=O)N2CCCCC2)Cc2c(Cl)c(O)cc(O)c21. The summed E-state index contributed by atoms with van der Waals surface area (Å²) in [5.41, 5.74) is 0.411. The van der Waals surface area contributed by atoms with Crippen LogP contribution in [0, 0.1) is 0 Å². The van der Waals surface area contributed by atoms with E-state index in [-0.39, 0.29) is 47.4 Å². The van der Waals surface area contributed by atoms with Crippen molar-refractivity contribution in [3.8, 4) is 11.5 Å². The number of nitrogens with zero attached hydrogens (tertiary/aromatic N) is 2. The van der Waals surface area contributed by atoms with Crippen LogP contribution in [0.25, 0.3) is 0 Å². The minimum absolute atomic E-state index is 0.0184. The highest BCUT2D eigenvalue weighted by Gasteiger charge is 2.24. The summed E-state index contributed by atoms with van der Waals surface area (Å²) in [5, 5.41) is 24.5. The van der Waals surface area contributed by atoms with Gasteiger partial charge in [-0.3, -0.25) is 4.79 Å². The summed E-state index contributed by atoms with van der Waals surface area (Å²) >= 11 is 6.29. The number of aromatic hydroxyl groups is 2. The number of ether oxygens (including phenoxy) is 1. The maximum Gasteiger partial charge on any atom is 0.342 e. The van der Waals surface area contributed by atoms with Crippen LogP contribution in [0.15, 0.2) is 35.5 Å². The van der Waals surface area contributed by atoms with Crippen LogP contribution >= 0.6 is 11.6 Å². The second-order valence-electron chi connectivity index (χ2n) is 7.93. The van der Waals surface area contributed by atoms with Gasteiger partial charge in [0.1, 0.15) is 17.1 Å². The number of likely N-dealkylation sites (tertiary alicyclic amines) is 1. The molecular formula is C24H29ClN2O6. The summed E-state index contributed by atoms with van der Waals surface area (Å²) in [4.78, 5) is 32.1. The van der Waals surface area contributed by atoms with E-state index in [0.29, 0.717) is 12.1 Å². The lowest BCUT2D eigenvalue weighted by Crippen LogP contribution is -2.37. The fraction of sp³-hybridized carbons (Fsp3) is 0.458. The Labute approximate surface area is 198 Å². The number of carbonyl (C=O) groups excluding carboxylic acids is 2. The van der Waals surface area contributed by atoms with E-state index in [0.717, 1.165) is 51.3 Å². The number of piperidine rings is 1. The number of rotatable bonds is 3. The first kappa shape index (κ1) is 24.6. The normalized spacial score (nSPS) is 20.9. The lowest BCUT2D eigenvalue weighted by Gasteiger charge is -2.26. The molecule has 2 N–H and O–H groups in total. The summed E-state index contributed by atoms with van der Waals surface area (Å²) in [5.74, 6) is -1.69. The number of allylic oxidation sites excluding steroid dienone is 3. The largest absolute Gasteiger partial charge is 0.507 e. The first-order valence-corrected chi connectivity index (χ1v) is 11.5. The lowest BCUT2D eigenvalue weighted by atomic mass is 9.99. The highest BCUT2D eigenvalue weighted by molar-refractivity contribution is 6.33. The summed E-state index contributed by atoms with van der Waals surface area (Å²) < 4.78 is 5.27. The molecule has 0 bridgehead atoms. The summed E-state index contributed by atoms with van der Waals surface area (Å²) in [6, 6.07) is 1.01. The molecule has 1 aromatic carbocycles. The molecule has 0 spiro atoms. The molecule has 0 radical (unpaired) electrons. The third-order valence-electron chi connectivity index (χ3n) is 5.46. The van der Waals surface area contributed by atoms with Crippen molar-refractivity contribution in [3.05, 3.63) is 46.5 Å². The highest BCUT2D eigenvalue weighted by atomic mass is 35.5. The number of esters is 1. The van der Waals surface area contributed by atoms with Gasteiger partial charge in [-0.05, 0) is 50.2 Å². The van der Waals surface area contributed by atoms with Crippen LogP contribution < -0.4 is 0 Å². The molecule has 2 aliphatic heterocycles. The van der Waals surface area contributed by atoms with E-state index in [1.54, 1.807) is 11.0 Å². The zero-order chi connectivity index (χ0) is 23.6. The van der Waals surface area contributed by atoms with E-state index in [1.165, 1.54) is 0 Å². The molecule has 33 heavy (non-hydrogen) atoms. The number of carbonyl (C=O) groups is 2. The van der Waals surface area contributed by atoms with Gasteiger partial charge in [0.05, 0.1) is 17.3 Å². The Morgan fingerprint density at radius 1 is 1.09 bits per heavy atom. The van der Waals surface area contributed by atoms with E-state index in [9.17, 15) is 19.8 Å². The van der Waals surface area contributed by atoms with Gasteiger partial charge < -0.3 is 24.7 Å². The van der Waals surface area contributed by atoms with E-state index >= 15 is 0 Å². The predicted molar refractivity (Wildman–Crippen MR) is 125 cm³/mol. The second-order valence-corrected chi connectivity index (χ2v) is 8.31. The molecule has 0 atom stereocenters. The number of oxime groups is 1. The maximum absolute atomic E-state index is 12.7. The third kappa shape index (κ3) is 6.99. The number of fused-ring (bicyclic) bond motifs is 1. The average molecular weight is 477 g/mol. The van der Waals surface area contributed by atoms with Crippen LogP contribution in [0.1, 0.15) is 54.4 Å². The Bertz CT molecular complexity index is 951. The van der Waals surface area contributed by atoms with Gasteiger partial charge >= 0.3 is 5.97 Å². The molecule has 1 fully saturated rings. The van der Waals surface area contributed by atoms with E-state index < -0.39 is 11.7 Å². The van der Waals surface area contributed by atoms with Crippen LogP contribution in [0.2, 0.25) is 5.02 Å². The van der Waals surface area contributed by atoms with Crippen molar-refractivity contribution < 1.29 is 29.4 Å². The Kier molecular flexibility index (Phi) is 9.18. The number of amides is 1. The Morgan fingerprint density at radius 2 is 1.82 bits per heavy atom. The zero-order valence-electron chi connectivity index (χ0n) is 18.5. The van der Waals surface area contributed by atoms with Crippen molar-refractivity contribution in [2.45, 2.75) is 44.9 Å². The first-order valence-electron chi connectivity index (χ1n) is 11.2. The van der Waals surface area contributed by atoms with Gasteiger partial charge in [0.15, 0.2) is 6.61 Å². The zero-order valence-corrected chi connectivity index (χ0v) is 19.2. The molecule has 1 saturated heterocycles. The van der Waals surface area contributed by atoms with Crippen LogP contribution in [0.5, 0.6) is 11.5 Å². The van der Waals surface area contributed by atoms with Crippen molar-refractivity contribution in [2.75, 3.05) is 26.3 Å². The molecule has 2 aliphatic rings. The van der Waals surface area contributed by atoms with E-state index in [2.05, 4.69) is 5.16 Å². The fourth-order valence-corrected chi connectivity index (χ4v) is 3.94. The quantitative estimate of drug-likeness (QED) is 0.385. The van der Waals surface area contributed by atoms with Crippen LogP contribution in [0.3, 0.4) is 0 Å². The van der Waals surface area contributed by atoms with Gasteiger partial charge in [-0.25, -0.2) is 4.79 Å². The number of phenolic OH excluding ortho intramolecular Hbond substituents is 2. The predicted octanol–water partition coefficient (Wildman–Crippen LogP) is 4.13. The molecule has 0 saturated carbocycles. The van der Waals surface area contributed by atoms with Crippen molar-refractivity contribution >= 4 is 29.2 Å². The molecule has 2 heterocycles. The van der Waals surface area contributed by atoms with Gasteiger partial charge in [-0.15, -0.1) is 0 Å². The number of benzene rings is 1. The van der Waals surface area contributed by atoms with Crippen LogP contribution in [-0.4, -0.2) is 59.0 Å². The number of hydrogen-bond donors (Lipinski definition) is 2. The van der Waals surface area contributed by atoms with Crippen LogP contribution in [-0.2, 0) is 20.8 Å².